The van der Waals surface area contributed by atoms with Gasteiger partial charge in [0.15, 0.2) is 0 Å². The molecule has 0 amide bonds. The van der Waals surface area contributed by atoms with Gasteiger partial charge in [0.2, 0.25) is 0 Å². The molecule has 1 aromatic rings. The van der Waals surface area contributed by atoms with Crippen molar-refractivity contribution in [1.82, 2.24) is 0 Å². The van der Waals surface area contributed by atoms with Gasteiger partial charge in [0.1, 0.15) is 11.9 Å². The number of hydrogen-bond acceptors (Lipinski definition) is 1. The van der Waals surface area contributed by atoms with Gasteiger partial charge in [0, 0.05) is 17.4 Å². The Morgan fingerprint density at radius 3 is 3.11 bits per heavy atom. The van der Waals surface area contributed by atoms with Crippen LogP contribution in [0.15, 0.2) is 30.4 Å². The molecule has 1 nitrogen and oxygen atoms in total. The fourth-order valence-electron chi connectivity index (χ4n) is 4.76. The van der Waals surface area contributed by atoms with Crippen LogP contribution in [0.2, 0.25) is 0 Å². The Balaban J connectivity index is 2.03. The molecule has 1 heteroatoms. The third kappa shape index (κ3) is 1.04. The van der Waals surface area contributed by atoms with Crippen molar-refractivity contribution < 1.29 is 4.74 Å². The molecule has 2 aliphatic carbocycles. The third-order valence-electron chi connectivity index (χ3n) is 5.45. The average molecular weight is 240 g/mol. The van der Waals surface area contributed by atoms with Gasteiger partial charge >= 0.3 is 0 Å². The molecule has 0 fully saturated rings. The van der Waals surface area contributed by atoms with Gasteiger partial charge in [-0.2, -0.15) is 0 Å². The van der Waals surface area contributed by atoms with Crippen molar-refractivity contribution >= 4 is 0 Å². The fraction of sp³-hybridized carbons (Fsp3) is 0.529. The van der Waals surface area contributed by atoms with Crippen molar-refractivity contribution in [1.29, 1.82) is 0 Å². The van der Waals surface area contributed by atoms with Crippen LogP contribution < -0.4 is 4.74 Å². The van der Waals surface area contributed by atoms with Gasteiger partial charge in [0.05, 0.1) is 0 Å². The molecule has 0 saturated carbocycles. The number of benzene rings is 1. The number of rotatable bonds is 1. The molecule has 0 radical (unpaired) electrons. The van der Waals surface area contributed by atoms with Gasteiger partial charge < -0.3 is 4.74 Å². The minimum atomic E-state index is 0.262. The summed E-state index contributed by atoms with van der Waals surface area (Å²) in [4.78, 5) is 0. The summed E-state index contributed by atoms with van der Waals surface area (Å²) in [5, 5.41) is 0. The van der Waals surface area contributed by atoms with E-state index in [0.717, 1.165) is 12.3 Å². The lowest BCUT2D eigenvalue weighted by atomic mass is 9.54. The second kappa shape index (κ2) is 3.40. The topological polar surface area (TPSA) is 9.23 Å². The third-order valence-corrected chi connectivity index (χ3v) is 5.45. The minimum absolute atomic E-state index is 0.262. The first-order chi connectivity index (χ1) is 8.77. The molecule has 0 spiro atoms. The van der Waals surface area contributed by atoms with Gasteiger partial charge in [-0.05, 0) is 36.3 Å². The molecule has 0 N–H and O–H groups in total. The van der Waals surface area contributed by atoms with Gasteiger partial charge in [-0.1, -0.05) is 38.1 Å². The zero-order chi connectivity index (χ0) is 12.3. The van der Waals surface area contributed by atoms with Crippen LogP contribution in [0.5, 0.6) is 5.75 Å². The van der Waals surface area contributed by atoms with E-state index in [1.54, 1.807) is 5.56 Å². The fourth-order valence-corrected chi connectivity index (χ4v) is 4.76. The molecule has 4 atom stereocenters. The standard InChI is InChI=1S/C17H20O/c1-3-17-13-7-5-9-15(17)18-14-8-4-6-12(16(14)17)10-11(13)2/h4-8,11,13,15H,3,9-10H2,1-2H3. The first kappa shape index (κ1) is 10.7. The zero-order valence-corrected chi connectivity index (χ0v) is 11.1. The van der Waals surface area contributed by atoms with E-state index in [2.05, 4.69) is 44.2 Å². The summed E-state index contributed by atoms with van der Waals surface area (Å²) in [6.07, 6.45) is 8.66. The van der Waals surface area contributed by atoms with Crippen LogP contribution in [0.25, 0.3) is 0 Å². The number of hydrogen-bond donors (Lipinski definition) is 0. The van der Waals surface area contributed by atoms with Crippen molar-refractivity contribution in [3.8, 4) is 5.75 Å². The maximum absolute atomic E-state index is 6.29. The van der Waals surface area contributed by atoms with Crippen LogP contribution >= 0.6 is 0 Å². The van der Waals surface area contributed by atoms with E-state index in [1.165, 1.54) is 24.2 Å². The Morgan fingerprint density at radius 1 is 1.39 bits per heavy atom. The highest BCUT2D eigenvalue weighted by molar-refractivity contribution is 5.54. The molecule has 3 aliphatic rings. The second-order valence-electron chi connectivity index (χ2n) is 6.16. The van der Waals surface area contributed by atoms with E-state index in [1.807, 2.05) is 0 Å². The van der Waals surface area contributed by atoms with E-state index in [9.17, 15) is 0 Å². The lowest BCUT2D eigenvalue weighted by Gasteiger charge is -2.48. The van der Waals surface area contributed by atoms with Crippen LogP contribution in [0.3, 0.4) is 0 Å². The van der Waals surface area contributed by atoms with E-state index < -0.39 is 0 Å². The smallest absolute Gasteiger partial charge is 0.123 e. The molecule has 4 rings (SSSR count). The molecule has 0 bridgehead atoms. The summed E-state index contributed by atoms with van der Waals surface area (Å²) in [5.74, 6) is 2.56. The maximum Gasteiger partial charge on any atom is 0.123 e. The molecule has 1 aliphatic heterocycles. The minimum Gasteiger partial charge on any atom is -0.489 e. The van der Waals surface area contributed by atoms with Crippen molar-refractivity contribution in [3.63, 3.8) is 0 Å². The molecule has 1 heterocycles. The van der Waals surface area contributed by atoms with Gasteiger partial charge in [-0.15, -0.1) is 0 Å². The summed E-state index contributed by atoms with van der Waals surface area (Å²) in [6, 6.07) is 6.64. The molecule has 4 unspecified atom stereocenters. The molecule has 0 aromatic heterocycles. The Labute approximate surface area is 109 Å². The highest BCUT2D eigenvalue weighted by atomic mass is 16.5. The van der Waals surface area contributed by atoms with Crippen LogP contribution in [-0.2, 0) is 11.8 Å². The summed E-state index contributed by atoms with van der Waals surface area (Å²) in [6.45, 7) is 4.75. The predicted molar refractivity (Wildman–Crippen MR) is 72.9 cm³/mol. The first-order valence-electron chi connectivity index (χ1n) is 7.23. The van der Waals surface area contributed by atoms with Gasteiger partial charge in [0.25, 0.3) is 0 Å². The van der Waals surface area contributed by atoms with E-state index in [4.69, 9.17) is 4.74 Å². The number of allylic oxidation sites excluding steroid dienone is 1. The average Bonchev–Trinajstić information content (AvgIpc) is 2.73. The van der Waals surface area contributed by atoms with Crippen LogP contribution in [-0.4, -0.2) is 6.10 Å². The summed E-state index contributed by atoms with van der Waals surface area (Å²) in [5.41, 5.74) is 3.35. The van der Waals surface area contributed by atoms with Crippen molar-refractivity contribution in [3.05, 3.63) is 41.5 Å². The van der Waals surface area contributed by atoms with Crippen molar-refractivity contribution in [2.75, 3.05) is 0 Å². The van der Waals surface area contributed by atoms with Gasteiger partial charge in [-0.3, -0.25) is 0 Å². The normalized spacial score (nSPS) is 39.3. The van der Waals surface area contributed by atoms with Crippen molar-refractivity contribution in [2.24, 2.45) is 11.8 Å². The zero-order valence-electron chi connectivity index (χ0n) is 11.1. The summed E-state index contributed by atoms with van der Waals surface area (Å²) < 4.78 is 6.29. The quantitative estimate of drug-likeness (QED) is 0.677. The molecule has 18 heavy (non-hydrogen) atoms. The van der Waals surface area contributed by atoms with E-state index >= 15 is 0 Å². The SMILES string of the molecule is CCC12c3c4cccc3OC1CC=CC2C(C)C4. The molecule has 0 saturated heterocycles. The molecular weight excluding hydrogens is 220 g/mol. The summed E-state index contributed by atoms with van der Waals surface area (Å²) in [7, 11) is 0. The summed E-state index contributed by atoms with van der Waals surface area (Å²) >= 11 is 0. The van der Waals surface area contributed by atoms with Crippen molar-refractivity contribution in [2.45, 2.75) is 44.6 Å². The Hall–Kier alpha value is -1.24. The Bertz CT molecular complexity index is 530. The predicted octanol–water partition coefficient (Wildman–Crippen LogP) is 3.86. The van der Waals surface area contributed by atoms with Crippen LogP contribution in [0.4, 0.5) is 0 Å². The highest BCUT2D eigenvalue weighted by Crippen LogP contribution is 2.59. The number of ether oxygens (including phenoxy) is 1. The monoisotopic (exact) mass is 240 g/mol. The molecule has 94 valence electrons. The highest BCUT2D eigenvalue weighted by Gasteiger charge is 2.57. The lowest BCUT2D eigenvalue weighted by Crippen LogP contribution is -2.50. The Kier molecular flexibility index (Phi) is 2.02. The maximum atomic E-state index is 6.29. The van der Waals surface area contributed by atoms with E-state index in [0.29, 0.717) is 12.0 Å². The second-order valence-corrected chi connectivity index (χ2v) is 6.16. The lowest BCUT2D eigenvalue weighted by molar-refractivity contribution is 0.0759. The largest absolute Gasteiger partial charge is 0.489 e. The molecule has 1 aromatic carbocycles. The van der Waals surface area contributed by atoms with Gasteiger partial charge in [-0.25, -0.2) is 0 Å². The first-order valence-corrected chi connectivity index (χ1v) is 7.23. The Morgan fingerprint density at radius 2 is 2.28 bits per heavy atom. The van der Waals surface area contributed by atoms with Crippen LogP contribution in [0.1, 0.15) is 37.8 Å². The molecular formula is C17H20O. The van der Waals surface area contributed by atoms with Crippen LogP contribution in [0, 0.1) is 11.8 Å². The van der Waals surface area contributed by atoms with E-state index in [-0.39, 0.29) is 5.41 Å².